The molecule has 0 unspecified atom stereocenters. The smallest absolute Gasteiger partial charge is 0.253 e. The van der Waals surface area contributed by atoms with Gasteiger partial charge in [-0.2, -0.15) is 0 Å². The highest BCUT2D eigenvalue weighted by Crippen LogP contribution is 2.16. The molecule has 0 radical (unpaired) electrons. The SMILES string of the molecule is CCOc1ccc(C(=O)N2CC[C@@H](O)C2)cc1. The minimum Gasteiger partial charge on any atom is -0.494 e. The van der Waals surface area contributed by atoms with E-state index in [0.717, 1.165) is 5.75 Å². The van der Waals surface area contributed by atoms with Crippen molar-refractivity contribution in [1.29, 1.82) is 0 Å². The molecule has 1 aliphatic rings. The van der Waals surface area contributed by atoms with Gasteiger partial charge < -0.3 is 14.7 Å². The standard InChI is InChI=1S/C13H17NO3/c1-2-17-12-5-3-10(4-6-12)13(16)14-8-7-11(15)9-14/h3-6,11,15H,2,7-9H2,1H3/t11-/m1/s1. The Bertz CT molecular complexity index is 388. The van der Waals surface area contributed by atoms with E-state index in [1.54, 1.807) is 29.2 Å². The van der Waals surface area contributed by atoms with E-state index in [1.807, 2.05) is 6.92 Å². The largest absolute Gasteiger partial charge is 0.494 e. The molecule has 1 saturated heterocycles. The predicted molar refractivity (Wildman–Crippen MR) is 64.1 cm³/mol. The molecule has 1 N–H and O–H groups in total. The number of carbonyl (C=O) groups excluding carboxylic acids is 1. The number of hydrogen-bond donors (Lipinski definition) is 1. The Morgan fingerprint density at radius 1 is 1.47 bits per heavy atom. The van der Waals surface area contributed by atoms with Crippen molar-refractivity contribution in [3.8, 4) is 5.75 Å². The lowest BCUT2D eigenvalue weighted by molar-refractivity contribution is 0.0765. The fraction of sp³-hybridized carbons (Fsp3) is 0.462. The molecule has 0 bridgehead atoms. The van der Waals surface area contributed by atoms with E-state index in [1.165, 1.54) is 0 Å². The number of hydrogen-bond acceptors (Lipinski definition) is 3. The molecule has 2 rings (SSSR count). The zero-order valence-electron chi connectivity index (χ0n) is 9.93. The third-order valence-electron chi connectivity index (χ3n) is 2.86. The molecule has 1 aromatic rings. The third kappa shape index (κ3) is 2.77. The van der Waals surface area contributed by atoms with Crippen LogP contribution in [0.3, 0.4) is 0 Å². The average molecular weight is 235 g/mol. The first-order chi connectivity index (χ1) is 8.20. The van der Waals surface area contributed by atoms with Gasteiger partial charge in [-0.05, 0) is 37.6 Å². The molecule has 17 heavy (non-hydrogen) atoms. The number of aliphatic hydroxyl groups is 1. The van der Waals surface area contributed by atoms with E-state index >= 15 is 0 Å². The van der Waals surface area contributed by atoms with Gasteiger partial charge in [-0.3, -0.25) is 4.79 Å². The van der Waals surface area contributed by atoms with Crippen molar-refractivity contribution in [1.82, 2.24) is 4.90 Å². The second kappa shape index (κ2) is 5.19. The summed E-state index contributed by atoms with van der Waals surface area (Å²) in [6.45, 7) is 3.61. The second-order valence-corrected chi connectivity index (χ2v) is 4.15. The number of β-amino-alcohol motifs (C(OH)–C–C–N with tert-alkyl or cyclic N) is 1. The molecule has 1 aliphatic heterocycles. The highest BCUT2D eigenvalue weighted by atomic mass is 16.5. The first kappa shape index (κ1) is 11.9. The van der Waals surface area contributed by atoms with Crippen LogP contribution in [-0.2, 0) is 0 Å². The normalized spacial score (nSPS) is 19.4. The number of rotatable bonds is 3. The van der Waals surface area contributed by atoms with Crippen LogP contribution < -0.4 is 4.74 Å². The number of carbonyl (C=O) groups is 1. The summed E-state index contributed by atoms with van der Waals surface area (Å²) in [5, 5.41) is 9.40. The van der Waals surface area contributed by atoms with E-state index in [9.17, 15) is 9.90 Å². The molecular weight excluding hydrogens is 218 g/mol. The molecule has 1 heterocycles. The van der Waals surface area contributed by atoms with Gasteiger partial charge in [-0.15, -0.1) is 0 Å². The van der Waals surface area contributed by atoms with Crippen molar-refractivity contribution < 1.29 is 14.6 Å². The molecule has 4 heteroatoms. The molecule has 1 amide bonds. The van der Waals surface area contributed by atoms with Crippen molar-refractivity contribution >= 4 is 5.91 Å². The number of ether oxygens (including phenoxy) is 1. The number of amides is 1. The Labute approximate surface area is 101 Å². The van der Waals surface area contributed by atoms with Crippen LogP contribution in [0.2, 0.25) is 0 Å². The maximum Gasteiger partial charge on any atom is 0.253 e. The summed E-state index contributed by atoms with van der Waals surface area (Å²) in [5.41, 5.74) is 0.641. The molecular formula is C13H17NO3. The van der Waals surface area contributed by atoms with Crippen LogP contribution in [0.4, 0.5) is 0 Å². The molecule has 0 spiro atoms. The summed E-state index contributed by atoms with van der Waals surface area (Å²) >= 11 is 0. The summed E-state index contributed by atoms with van der Waals surface area (Å²) < 4.78 is 5.32. The fourth-order valence-corrected chi connectivity index (χ4v) is 1.97. The number of nitrogens with zero attached hydrogens (tertiary/aromatic N) is 1. The topological polar surface area (TPSA) is 49.8 Å². The molecule has 1 fully saturated rings. The summed E-state index contributed by atoms with van der Waals surface area (Å²) in [5.74, 6) is 0.745. The molecule has 1 aromatic carbocycles. The Kier molecular flexibility index (Phi) is 3.64. The van der Waals surface area contributed by atoms with E-state index in [0.29, 0.717) is 31.7 Å². The van der Waals surface area contributed by atoms with Gasteiger partial charge in [-0.25, -0.2) is 0 Å². The van der Waals surface area contributed by atoms with Crippen molar-refractivity contribution in [3.63, 3.8) is 0 Å². The number of likely N-dealkylation sites (tertiary alicyclic amines) is 1. The highest BCUT2D eigenvalue weighted by Gasteiger charge is 2.25. The summed E-state index contributed by atoms with van der Waals surface area (Å²) in [6.07, 6.45) is 0.296. The van der Waals surface area contributed by atoms with E-state index < -0.39 is 0 Å². The molecule has 4 nitrogen and oxygen atoms in total. The lowest BCUT2D eigenvalue weighted by atomic mass is 10.2. The van der Waals surface area contributed by atoms with Crippen LogP contribution >= 0.6 is 0 Å². The molecule has 0 aliphatic carbocycles. The Balaban J connectivity index is 2.04. The first-order valence-electron chi connectivity index (χ1n) is 5.91. The predicted octanol–water partition coefficient (Wildman–Crippen LogP) is 1.29. The summed E-state index contributed by atoms with van der Waals surface area (Å²) in [4.78, 5) is 13.7. The molecule has 0 aromatic heterocycles. The highest BCUT2D eigenvalue weighted by molar-refractivity contribution is 5.94. The Morgan fingerprint density at radius 2 is 2.18 bits per heavy atom. The van der Waals surface area contributed by atoms with Gasteiger partial charge in [0.05, 0.1) is 12.7 Å². The number of aliphatic hydroxyl groups excluding tert-OH is 1. The zero-order chi connectivity index (χ0) is 12.3. The third-order valence-corrected chi connectivity index (χ3v) is 2.86. The molecule has 1 atom stereocenters. The van der Waals surface area contributed by atoms with Crippen molar-refractivity contribution in [2.45, 2.75) is 19.4 Å². The van der Waals surface area contributed by atoms with Crippen LogP contribution in [0.5, 0.6) is 5.75 Å². The molecule has 92 valence electrons. The van der Waals surface area contributed by atoms with Crippen molar-refractivity contribution in [3.05, 3.63) is 29.8 Å². The van der Waals surface area contributed by atoms with Gasteiger partial charge in [0.1, 0.15) is 5.75 Å². The van der Waals surface area contributed by atoms with Gasteiger partial charge >= 0.3 is 0 Å². The van der Waals surface area contributed by atoms with E-state index in [4.69, 9.17) is 4.74 Å². The van der Waals surface area contributed by atoms with Gasteiger partial charge in [0.15, 0.2) is 0 Å². The monoisotopic (exact) mass is 235 g/mol. The van der Waals surface area contributed by atoms with Crippen LogP contribution in [0.15, 0.2) is 24.3 Å². The minimum absolute atomic E-state index is 0.0235. The van der Waals surface area contributed by atoms with E-state index in [2.05, 4.69) is 0 Å². The molecule has 0 saturated carbocycles. The van der Waals surface area contributed by atoms with Gasteiger partial charge in [-0.1, -0.05) is 0 Å². The first-order valence-corrected chi connectivity index (χ1v) is 5.91. The Hall–Kier alpha value is -1.55. The fourth-order valence-electron chi connectivity index (χ4n) is 1.97. The summed E-state index contributed by atoms with van der Waals surface area (Å²) in [7, 11) is 0. The van der Waals surface area contributed by atoms with Gasteiger partial charge in [0, 0.05) is 18.7 Å². The van der Waals surface area contributed by atoms with Crippen LogP contribution in [0, 0.1) is 0 Å². The van der Waals surface area contributed by atoms with Crippen LogP contribution in [0.1, 0.15) is 23.7 Å². The quantitative estimate of drug-likeness (QED) is 0.859. The second-order valence-electron chi connectivity index (χ2n) is 4.15. The zero-order valence-corrected chi connectivity index (χ0v) is 9.93. The van der Waals surface area contributed by atoms with Gasteiger partial charge in [0.25, 0.3) is 5.91 Å². The van der Waals surface area contributed by atoms with Crippen LogP contribution in [0.25, 0.3) is 0 Å². The lowest BCUT2D eigenvalue weighted by Crippen LogP contribution is -2.29. The lowest BCUT2D eigenvalue weighted by Gasteiger charge is -2.15. The maximum absolute atomic E-state index is 12.0. The van der Waals surface area contributed by atoms with Gasteiger partial charge in [0.2, 0.25) is 0 Å². The summed E-state index contributed by atoms with van der Waals surface area (Å²) in [6, 6.07) is 7.11. The number of benzene rings is 1. The maximum atomic E-state index is 12.0. The minimum atomic E-state index is -0.373. The van der Waals surface area contributed by atoms with Crippen molar-refractivity contribution in [2.24, 2.45) is 0 Å². The average Bonchev–Trinajstić information content (AvgIpc) is 2.76. The Morgan fingerprint density at radius 3 is 2.71 bits per heavy atom. The van der Waals surface area contributed by atoms with E-state index in [-0.39, 0.29) is 12.0 Å². The van der Waals surface area contributed by atoms with Crippen LogP contribution in [-0.4, -0.2) is 41.7 Å². The van der Waals surface area contributed by atoms with Crippen molar-refractivity contribution in [2.75, 3.05) is 19.7 Å².